The Morgan fingerprint density at radius 2 is 2.10 bits per heavy atom. The molecule has 1 aliphatic carbocycles. The first kappa shape index (κ1) is 12.0. The van der Waals surface area contributed by atoms with Crippen LogP contribution in [0.3, 0.4) is 0 Å². The van der Waals surface area contributed by atoms with Gasteiger partial charge >= 0.3 is 11.9 Å². The quantitative estimate of drug-likeness (QED) is 0.736. The van der Waals surface area contributed by atoms with Crippen LogP contribution < -0.4 is 0 Å². The van der Waals surface area contributed by atoms with Gasteiger partial charge in [-0.3, -0.25) is 9.59 Å². The molecule has 2 saturated heterocycles. The van der Waals surface area contributed by atoms with E-state index in [2.05, 4.69) is 0 Å². The number of fused-ring (bicyclic) bond motifs is 4. The van der Waals surface area contributed by atoms with Gasteiger partial charge in [-0.15, -0.1) is 0 Å². The van der Waals surface area contributed by atoms with Crippen LogP contribution in [0.4, 0.5) is 0 Å². The predicted molar refractivity (Wildman–Crippen MR) is 66.4 cm³/mol. The first-order chi connectivity index (χ1) is 9.58. The second kappa shape index (κ2) is 3.87. The highest BCUT2D eigenvalue weighted by atomic mass is 16.6. The molecular formula is C15H16O5. The van der Waals surface area contributed by atoms with Crippen molar-refractivity contribution in [2.45, 2.75) is 38.4 Å². The zero-order valence-electron chi connectivity index (χ0n) is 11.2. The van der Waals surface area contributed by atoms with E-state index in [0.717, 1.165) is 12.0 Å². The van der Waals surface area contributed by atoms with Crippen molar-refractivity contribution in [3.8, 4) is 0 Å². The Hall–Kier alpha value is -1.78. The second-order valence-corrected chi connectivity index (χ2v) is 6.32. The van der Waals surface area contributed by atoms with E-state index in [1.807, 2.05) is 6.92 Å². The van der Waals surface area contributed by atoms with Crippen molar-refractivity contribution in [2.75, 3.05) is 0 Å². The summed E-state index contributed by atoms with van der Waals surface area (Å²) < 4.78 is 16.0. The largest absolute Gasteiger partial charge is 0.472 e. The molecule has 2 aliphatic heterocycles. The van der Waals surface area contributed by atoms with Gasteiger partial charge in [0, 0.05) is 12.0 Å². The molecule has 1 aromatic heterocycles. The third kappa shape index (κ3) is 1.49. The van der Waals surface area contributed by atoms with Gasteiger partial charge in [-0.05, 0) is 31.7 Å². The highest BCUT2D eigenvalue weighted by Gasteiger charge is 2.61. The van der Waals surface area contributed by atoms with Crippen molar-refractivity contribution in [1.82, 2.24) is 0 Å². The zero-order chi connectivity index (χ0) is 13.9. The molecule has 3 aliphatic rings. The van der Waals surface area contributed by atoms with Gasteiger partial charge < -0.3 is 13.9 Å². The Kier molecular flexibility index (Phi) is 2.32. The van der Waals surface area contributed by atoms with Crippen molar-refractivity contribution in [1.29, 1.82) is 0 Å². The molecule has 20 heavy (non-hydrogen) atoms. The van der Waals surface area contributed by atoms with Crippen molar-refractivity contribution in [2.24, 2.45) is 17.3 Å². The van der Waals surface area contributed by atoms with E-state index in [4.69, 9.17) is 13.9 Å². The minimum Gasteiger partial charge on any atom is -0.472 e. The number of esters is 2. The van der Waals surface area contributed by atoms with Crippen LogP contribution in [-0.4, -0.2) is 18.0 Å². The standard InChI is InChI=1S/C15H16O5/c1-15-6-9(19-14(15)17)4-10-11(15)5-12(20-13(10)16)8-2-3-18-7-8/h2-3,7,9-12H,4-6H2,1H3/t9-,10+,11+,12+,15-/m0/s1. The average Bonchev–Trinajstić information content (AvgIpc) is 3.00. The topological polar surface area (TPSA) is 65.7 Å². The van der Waals surface area contributed by atoms with E-state index in [1.165, 1.54) is 0 Å². The van der Waals surface area contributed by atoms with Gasteiger partial charge in [-0.2, -0.15) is 0 Å². The van der Waals surface area contributed by atoms with Gasteiger partial charge in [0.05, 0.1) is 23.9 Å². The maximum Gasteiger partial charge on any atom is 0.312 e. The fourth-order valence-electron chi connectivity index (χ4n) is 4.06. The molecule has 0 aromatic carbocycles. The predicted octanol–water partition coefficient (Wildman–Crippen LogP) is 2.23. The molecule has 5 nitrogen and oxygen atoms in total. The molecule has 0 amide bonds. The summed E-state index contributed by atoms with van der Waals surface area (Å²) in [5, 5.41) is 0. The van der Waals surface area contributed by atoms with Crippen LogP contribution in [0.1, 0.15) is 37.9 Å². The van der Waals surface area contributed by atoms with E-state index in [-0.39, 0.29) is 36.0 Å². The van der Waals surface area contributed by atoms with Crippen molar-refractivity contribution in [3.05, 3.63) is 24.2 Å². The van der Waals surface area contributed by atoms with Crippen LogP contribution >= 0.6 is 0 Å². The lowest BCUT2D eigenvalue weighted by Gasteiger charge is -2.43. The summed E-state index contributed by atoms with van der Waals surface area (Å²) in [6, 6.07) is 1.80. The number of carbonyl (C=O) groups is 2. The van der Waals surface area contributed by atoms with Gasteiger partial charge in [-0.25, -0.2) is 0 Å². The Morgan fingerprint density at radius 3 is 2.85 bits per heavy atom. The molecule has 3 heterocycles. The minimum atomic E-state index is -0.547. The first-order valence-electron chi connectivity index (χ1n) is 7.01. The van der Waals surface area contributed by atoms with Crippen LogP contribution in [-0.2, 0) is 19.1 Å². The molecule has 106 valence electrons. The maximum atomic E-state index is 12.3. The number of ether oxygens (including phenoxy) is 2. The van der Waals surface area contributed by atoms with Crippen molar-refractivity contribution < 1.29 is 23.5 Å². The molecule has 3 fully saturated rings. The third-order valence-corrected chi connectivity index (χ3v) is 5.16. The van der Waals surface area contributed by atoms with E-state index in [9.17, 15) is 9.59 Å². The van der Waals surface area contributed by atoms with Crippen LogP contribution in [0.5, 0.6) is 0 Å². The van der Waals surface area contributed by atoms with Crippen molar-refractivity contribution in [3.63, 3.8) is 0 Å². The molecule has 0 spiro atoms. The number of carbonyl (C=O) groups excluding carboxylic acids is 2. The Morgan fingerprint density at radius 1 is 1.25 bits per heavy atom. The summed E-state index contributed by atoms with van der Waals surface area (Å²) >= 11 is 0. The molecule has 5 heteroatoms. The number of cyclic esters (lactones) is 1. The Balaban J connectivity index is 1.69. The molecule has 5 atom stereocenters. The van der Waals surface area contributed by atoms with Gasteiger partial charge in [-0.1, -0.05) is 0 Å². The van der Waals surface area contributed by atoms with Gasteiger partial charge in [0.25, 0.3) is 0 Å². The van der Waals surface area contributed by atoms with Gasteiger partial charge in [0.2, 0.25) is 0 Å². The molecule has 0 radical (unpaired) electrons. The summed E-state index contributed by atoms with van der Waals surface area (Å²) in [6.07, 6.45) is 4.71. The lowest BCUT2D eigenvalue weighted by Crippen LogP contribution is -2.47. The number of furan rings is 1. The van der Waals surface area contributed by atoms with Crippen LogP contribution in [0, 0.1) is 17.3 Å². The summed E-state index contributed by atoms with van der Waals surface area (Å²) in [5.74, 6) is -0.583. The first-order valence-corrected chi connectivity index (χ1v) is 7.01. The maximum absolute atomic E-state index is 12.3. The van der Waals surface area contributed by atoms with E-state index in [0.29, 0.717) is 12.8 Å². The van der Waals surface area contributed by atoms with E-state index in [1.54, 1.807) is 18.6 Å². The molecule has 1 aromatic rings. The second-order valence-electron chi connectivity index (χ2n) is 6.32. The third-order valence-electron chi connectivity index (χ3n) is 5.16. The normalized spacial score (nSPS) is 42.9. The molecular weight excluding hydrogens is 260 g/mol. The Bertz CT molecular complexity index is 563. The van der Waals surface area contributed by atoms with Crippen LogP contribution in [0.25, 0.3) is 0 Å². The Labute approximate surface area is 116 Å². The fourth-order valence-corrected chi connectivity index (χ4v) is 4.06. The summed E-state index contributed by atoms with van der Waals surface area (Å²) in [4.78, 5) is 24.4. The molecule has 0 unspecified atom stereocenters. The number of hydrogen-bond donors (Lipinski definition) is 0. The fraction of sp³-hybridized carbons (Fsp3) is 0.600. The number of hydrogen-bond acceptors (Lipinski definition) is 5. The van der Waals surface area contributed by atoms with Gasteiger partial charge in [0.15, 0.2) is 0 Å². The highest BCUT2D eigenvalue weighted by molar-refractivity contribution is 5.83. The average molecular weight is 276 g/mol. The number of rotatable bonds is 1. The smallest absolute Gasteiger partial charge is 0.312 e. The summed E-state index contributed by atoms with van der Waals surface area (Å²) in [5.41, 5.74) is 0.309. The lowest BCUT2D eigenvalue weighted by molar-refractivity contribution is -0.174. The summed E-state index contributed by atoms with van der Waals surface area (Å²) in [6.45, 7) is 1.93. The molecule has 0 N–H and O–H groups in total. The minimum absolute atomic E-state index is 0.00472. The van der Waals surface area contributed by atoms with Gasteiger partial charge in [0.1, 0.15) is 12.2 Å². The molecule has 1 saturated carbocycles. The zero-order valence-corrected chi connectivity index (χ0v) is 11.2. The summed E-state index contributed by atoms with van der Waals surface area (Å²) in [7, 11) is 0. The molecule has 2 bridgehead atoms. The lowest BCUT2D eigenvalue weighted by atomic mass is 9.60. The SMILES string of the molecule is C[C@]12C[C@H](C[C@H]3C(=O)O[C@@H](c4ccoc4)C[C@H]31)OC2=O. The van der Waals surface area contributed by atoms with Crippen molar-refractivity contribution >= 4 is 11.9 Å². The van der Waals surface area contributed by atoms with E-state index < -0.39 is 5.41 Å². The van der Waals surface area contributed by atoms with Crippen LogP contribution in [0.15, 0.2) is 23.0 Å². The van der Waals surface area contributed by atoms with Crippen LogP contribution in [0.2, 0.25) is 0 Å². The monoisotopic (exact) mass is 276 g/mol. The van der Waals surface area contributed by atoms with E-state index >= 15 is 0 Å². The molecule has 4 rings (SSSR count). The highest BCUT2D eigenvalue weighted by Crippen LogP contribution is 2.56.